The van der Waals surface area contributed by atoms with Crippen molar-refractivity contribution in [3.05, 3.63) is 79.2 Å². The van der Waals surface area contributed by atoms with Gasteiger partial charge in [-0.1, -0.05) is 18.2 Å². The number of carbonyl (C=O) groups excluding carboxylic acids is 2. The van der Waals surface area contributed by atoms with Gasteiger partial charge in [0.25, 0.3) is 0 Å². The fourth-order valence-corrected chi connectivity index (χ4v) is 3.90. The molecule has 4 rings (SSSR count). The molecule has 1 amide bonds. The molecular formula is C30H32FN5O3. The number of amides is 1. The van der Waals surface area contributed by atoms with E-state index in [-0.39, 0.29) is 18.6 Å². The summed E-state index contributed by atoms with van der Waals surface area (Å²) in [5.41, 5.74) is 3.59. The number of hydrogen-bond donors (Lipinski definition) is 1. The Kier molecular flexibility index (Phi) is 8.21. The van der Waals surface area contributed by atoms with Gasteiger partial charge in [0.2, 0.25) is 11.9 Å². The zero-order chi connectivity index (χ0) is 28.2. The minimum absolute atomic E-state index is 0.0324. The summed E-state index contributed by atoms with van der Waals surface area (Å²) < 4.78 is 21.3. The largest absolute Gasteiger partial charge is 0.443 e. The Morgan fingerprint density at radius 3 is 2.59 bits per heavy atom. The molecule has 202 valence electrons. The van der Waals surface area contributed by atoms with Crippen LogP contribution in [-0.4, -0.2) is 52.0 Å². The molecule has 3 heterocycles. The summed E-state index contributed by atoms with van der Waals surface area (Å²) in [6.07, 6.45) is 8.23. The standard InChI is InChI=1S/C30H32FN5O3/c1-30(2,3)29(38)39-19-36-18-25(21-11-12-32-26(31)16-21)24-15-22(17-33-28(24)36)20-8-6-9-23(14-20)34-27(37)10-7-13-35(4)5/h6-12,14-18H,13,19H2,1-5H3,(H,34,37)/b10-7+. The van der Waals surface area contributed by atoms with Crippen molar-refractivity contribution in [2.75, 3.05) is 26.0 Å². The molecule has 0 radical (unpaired) electrons. The first kappa shape index (κ1) is 27.7. The lowest BCUT2D eigenvalue weighted by Gasteiger charge is -2.17. The molecule has 1 aromatic carbocycles. The maximum Gasteiger partial charge on any atom is 0.312 e. The molecular weight excluding hydrogens is 497 g/mol. The van der Waals surface area contributed by atoms with E-state index in [2.05, 4.69) is 15.3 Å². The summed E-state index contributed by atoms with van der Waals surface area (Å²) in [4.78, 5) is 35.0. The van der Waals surface area contributed by atoms with Crippen LogP contribution >= 0.6 is 0 Å². The minimum Gasteiger partial charge on any atom is -0.443 e. The summed E-state index contributed by atoms with van der Waals surface area (Å²) >= 11 is 0. The number of fused-ring (bicyclic) bond motifs is 1. The Hall–Kier alpha value is -4.37. The number of rotatable bonds is 8. The fraction of sp³-hybridized carbons (Fsp3) is 0.267. The number of carbonyl (C=O) groups is 2. The normalized spacial score (nSPS) is 11.9. The van der Waals surface area contributed by atoms with Crippen molar-refractivity contribution < 1.29 is 18.7 Å². The number of anilines is 1. The van der Waals surface area contributed by atoms with Crippen molar-refractivity contribution in [3.8, 4) is 22.3 Å². The summed E-state index contributed by atoms with van der Waals surface area (Å²) in [6.45, 7) is 5.99. The first-order valence-electron chi connectivity index (χ1n) is 12.5. The highest BCUT2D eigenvalue weighted by molar-refractivity contribution is 6.00. The molecule has 0 aliphatic heterocycles. The number of nitrogens with zero attached hydrogens (tertiary/aromatic N) is 4. The average Bonchev–Trinajstić information content (AvgIpc) is 3.24. The third-order valence-corrected chi connectivity index (χ3v) is 5.90. The molecule has 0 fully saturated rings. The molecule has 9 heteroatoms. The van der Waals surface area contributed by atoms with Gasteiger partial charge >= 0.3 is 5.97 Å². The van der Waals surface area contributed by atoms with Crippen LogP contribution in [0.25, 0.3) is 33.3 Å². The van der Waals surface area contributed by atoms with Gasteiger partial charge in [-0.25, -0.2) is 9.97 Å². The second kappa shape index (κ2) is 11.6. The Labute approximate surface area is 227 Å². The molecule has 0 unspecified atom stereocenters. The van der Waals surface area contributed by atoms with Crippen molar-refractivity contribution in [2.45, 2.75) is 27.5 Å². The molecule has 0 saturated carbocycles. The molecule has 0 aliphatic rings. The van der Waals surface area contributed by atoms with E-state index in [0.29, 0.717) is 23.4 Å². The third-order valence-electron chi connectivity index (χ3n) is 5.90. The van der Waals surface area contributed by atoms with Gasteiger partial charge < -0.3 is 15.0 Å². The number of hydrogen-bond acceptors (Lipinski definition) is 6. The lowest BCUT2D eigenvalue weighted by molar-refractivity contribution is -0.156. The maximum atomic E-state index is 14.0. The fourth-order valence-electron chi connectivity index (χ4n) is 3.90. The van der Waals surface area contributed by atoms with E-state index in [0.717, 1.165) is 22.1 Å². The number of halogens is 1. The average molecular weight is 530 g/mol. The summed E-state index contributed by atoms with van der Waals surface area (Å²) in [5.74, 6) is -1.15. The van der Waals surface area contributed by atoms with E-state index >= 15 is 0 Å². The molecule has 0 bridgehead atoms. The van der Waals surface area contributed by atoms with Crippen LogP contribution in [0.5, 0.6) is 0 Å². The Balaban J connectivity index is 1.69. The van der Waals surface area contributed by atoms with Gasteiger partial charge in [0.05, 0.1) is 5.41 Å². The maximum absolute atomic E-state index is 14.0. The van der Waals surface area contributed by atoms with Gasteiger partial charge in [-0.15, -0.1) is 0 Å². The second-order valence-corrected chi connectivity index (χ2v) is 10.5. The van der Waals surface area contributed by atoms with Crippen LogP contribution in [0.2, 0.25) is 0 Å². The van der Waals surface area contributed by atoms with Crippen LogP contribution in [0, 0.1) is 11.4 Å². The lowest BCUT2D eigenvalue weighted by Crippen LogP contribution is -2.23. The van der Waals surface area contributed by atoms with Gasteiger partial charge in [0, 0.05) is 59.5 Å². The SMILES string of the molecule is CN(C)C/C=C/C(=O)Nc1cccc(-c2cnc3c(c2)c(-c2ccnc(F)c2)cn3COC(=O)C(C)(C)C)c1. The Morgan fingerprint density at radius 2 is 1.87 bits per heavy atom. The van der Waals surface area contributed by atoms with Crippen LogP contribution in [0.15, 0.2) is 73.2 Å². The van der Waals surface area contributed by atoms with Gasteiger partial charge in [0.15, 0.2) is 6.73 Å². The monoisotopic (exact) mass is 529 g/mol. The highest BCUT2D eigenvalue weighted by Gasteiger charge is 2.23. The number of esters is 1. The van der Waals surface area contributed by atoms with Crippen molar-refractivity contribution in [3.63, 3.8) is 0 Å². The predicted octanol–water partition coefficient (Wildman–Crippen LogP) is 5.51. The Bertz CT molecular complexity index is 1540. The van der Waals surface area contributed by atoms with Crippen LogP contribution in [0.3, 0.4) is 0 Å². The van der Waals surface area contributed by atoms with E-state index in [9.17, 15) is 14.0 Å². The molecule has 3 aromatic heterocycles. The minimum atomic E-state index is -0.650. The van der Waals surface area contributed by atoms with Crippen LogP contribution in [0.4, 0.5) is 10.1 Å². The summed E-state index contributed by atoms with van der Waals surface area (Å²) in [5, 5.41) is 3.64. The van der Waals surface area contributed by atoms with E-state index in [1.807, 2.05) is 49.3 Å². The van der Waals surface area contributed by atoms with Crippen molar-refractivity contribution in [2.24, 2.45) is 5.41 Å². The zero-order valence-corrected chi connectivity index (χ0v) is 22.7. The molecule has 8 nitrogen and oxygen atoms in total. The van der Waals surface area contributed by atoms with Gasteiger partial charge in [0.1, 0.15) is 5.65 Å². The number of pyridine rings is 2. The van der Waals surface area contributed by atoms with E-state index in [1.165, 1.54) is 18.3 Å². The topological polar surface area (TPSA) is 89.3 Å². The van der Waals surface area contributed by atoms with Crippen LogP contribution in [-0.2, 0) is 21.1 Å². The van der Waals surface area contributed by atoms with Crippen molar-refractivity contribution >= 4 is 28.6 Å². The van der Waals surface area contributed by atoms with Gasteiger partial charge in [-0.3, -0.25) is 14.2 Å². The third kappa shape index (κ3) is 6.94. The molecule has 0 aliphatic carbocycles. The quantitative estimate of drug-likeness (QED) is 0.184. The molecule has 1 N–H and O–H groups in total. The first-order chi connectivity index (χ1) is 18.5. The lowest BCUT2D eigenvalue weighted by atomic mass is 9.98. The van der Waals surface area contributed by atoms with Crippen molar-refractivity contribution in [1.29, 1.82) is 0 Å². The smallest absolute Gasteiger partial charge is 0.312 e. The molecule has 4 aromatic rings. The second-order valence-electron chi connectivity index (χ2n) is 10.5. The van der Waals surface area contributed by atoms with Crippen molar-refractivity contribution in [1.82, 2.24) is 19.4 Å². The number of nitrogens with one attached hydrogen (secondary N) is 1. The summed E-state index contributed by atoms with van der Waals surface area (Å²) in [6, 6.07) is 12.5. The zero-order valence-electron chi connectivity index (χ0n) is 22.7. The van der Waals surface area contributed by atoms with Crippen LogP contribution in [0.1, 0.15) is 20.8 Å². The molecule has 0 saturated heterocycles. The predicted molar refractivity (Wildman–Crippen MR) is 150 cm³/mol. The molecule has 39 heavy (non-hydrogen) atoms. The Morgan fingerprint density at radius 1 is 1.08 bits per heavy atom. The number of aromatic nitrogens is 3. The highest BCUT2D eigenvalue weighted by atomic mass is 19.1. The number of ether oxygens (including phenoxy) is 1. The van der Waals surface area contributed by atoms with E-state index < -0.39 is 11.4 Å². The number of likely N-dealkylation sites (N-methyl/N-ethyl adjacent to an activating group) is 1. The van der Waals surface area contributed by atoms with Gasteiger partial charge in [-0.2, -0.15) is 4.39 Å². The highest BCUT2D eigenvalue weighted by Crippen LogP contribution is 2.33. The first-order valence-corrected chi connectivity index (χ1v) is 12.5. The summed E-state index contributed by atoms with van der Waals surface area (Å²) in [7, 11) is 3.86. The van der Waals surface area contributed by atoms with Gasteiger partial charge in [-0.05, 0) is 70.3 Å². The van der Waals surface area contributed by atoms with Crippen LogP contribution < -0.4 is 5.32 Å². The number of benzene rings is 1. The molecule has 0 spiro atoms. The molecule has 0 atom stereocenters. The van der Waals surface area contributed by atoms with E-state index in [1.54, 1.807) is 49.9 Å². The van der Waals surface area contributed by atoms with E-state index in [4.69, 9.17) is 4.74 Å².